The zero-order valence-corrected chi connectivity index (χ0v) is 15.1. The van der Waals surface area contributed by atoms with Gasteiger partial charge >= 0.3 is 0 Å². The highest BCUT2D eigenvalue weighted by molar-refractivity contribution is 7.92. The Hall–Kier alpha value is -1.96. The molecule has 2 N–H and O–H groups in total. The highest BCUT2D eigenvalue weighted by atomic mass is 35.5. The molecular weight excluding hydrogens is 375 g/mol. The molecule has 2 aromatic rings. The first-order valence-corrected chi connectivity index (χ1v) is 8.91. The first-order valence-electron chi connectivity index (χ1n) is 6.67. The van der Waals surface area contributed by atoms with E-state index in [1.54, 1.807) is 6.07 Å². The molecule has 0 bridgehead atoms. The fraction of sp³-hybridized carbons (Fsp3) is 0.133. The number of rotatable bonds is 5. The smallest absolute Gasteiger partial charge is 0.263 e. The van der Waals surface area contributed by atoms with Crippen LogP contribution in [-0.2, 0) is 14.8 Å². The Bertz CT molecular complexity index is 885. The van der Waals surface area contributed by atoms with Crippen molar-refractivity contribution in [3.63, 3.8) is 0 Å². The van der Waals surface area contributed by atoms with Gasteiger partial charge in [0.05, 0.1) is 22.8 Å². The van der Waals surface area contributed by atoms with Crippen LogP contribution in [0.1, 0.15) is 6.92 Å². The topological polar surface area (TPSA) is 84.5 Å². The van der Waals surface area contributed by atoms with Gasteiger partial charge in [0, 0.05) is 12.6 Å². The number of anilines is 2. The minimum absolute atomic E-state index is 0.0800. The molecule has 2 aromatic carbocycles. The number of hydrogen-bond acceptors (Lipinski definition) is 4. The summed E-state index contributed by atoms with van der Waals surface area (Å²) in [6.07, 6.45) is 0. The van der Waals surface area contributed by atoms with Crippen molar-refractivity contribution in [2.75, 3.05) is 17.1 Å². The van der Waals surface area contributed by atoms with Gasteiger partial charge in [0.25, 0.3) is 10.0 Å². The van der Waals surface area contributed by atoms with Crippen LogP contribution in [0.2, 0.25) is 10.0 Å². The number of sulfonamides is 1. The van der Waals surface area contributed by atoms with Gasteiger partial charge in [0.15, 0.2) is 0 Å². The second-order valence-electron chi connectivity index (χ2n) is 4.75. The van der Waals surface area contributed by atoms with Crippen LogP contribution in [0.25, 0.3) is 0 Å². The van der Waals surface area contributed by atoms with E-state index in [1.807, 2.05) is 0 Å². The van der Waals surface area contributed by atoms with Crippen LogP contribution in [0, 0.1) is 0 Å². The Morgan fingerprint density at radius 1 is 1.17 bits per heavy atom. The molecule has 6 nitrogen and oxygen atoms in total. The van der Waals surface area contributed by atoms with E-state index in [4.69, 9.17) is 27.9 Å². The molecule has 0 aliphatic carbocycles. The maximum absolute atomic E-state index is 12.6. The fourth-order valence-electron chi connectivity index (χ4n) is 1.96. The van der Waals surface area contributed by atoms with E-state index >= 15 is 0 Å². The number of nitrogens with one attached hydrogen (secondary N) is 2. The lowest BCUT2D eigenvalue weighted by atomic mass is 10.2. The van der Waals surface area contributed by atoms with Gasteiger partial charge in [-0.2, -0.15) is 0 Å². The number of ether oxygens (including phenoxy) is 1. The first-order chi connectivity index (χ1) is 11.2. The summed E-state index contributed by atoms with van der Waals surface area (Å²) in [5.74, 6) is -0.00214. The third kappa shape index (κ3) is 4.11. The van der Waals surface area contributed by atoms with E-state index in [9.17, 15) is 13.2 Å². The summed E-state index contributed by atoms with van der Waals surface area (Å²) in [6.45, 7) is 1.35. The monoisotopic (exact) mass is 388 g/mol. The van der Waals surface area contributed by atoms with Crippen molar-refractivity contribution >= 4 is 50.5 Å². The standard InChI is InChI=1S/C15H14Cl2N2O4S/c1-9(20)18-10-6-7-13(23-2)12(8-10)19-24(21,22)14-5-3-4-11(16)15(14)17/h3-8,19H,1-2H3,(H,18,20). The van der Waals surface area contributed by atoms with Gasteiger partial charge < -0.3 is 10.1 Å². The number of amides is 1. The van der Waals surface area contributed by atoms with E-state index in [2.05, 4.69) is 10.0 Å². The molecule has 0 atom stereocenters. The summed E-state index contributed by atoms with van der Waals surface area (Å²) in [5, 5.41) is 2.61. The molecule has 0 unspecified atom stereocenters. The molecular formula is C15H14Cl2N2O4S. The first kappa shape index (κ1) is 18.4. The lowest BCUT2D eigenvalue weighted by molar-refractivity contribution is -0.114. The van der Waals surface area contributed by atoms with E-state index in [-0.39, 0.29) is 32.3 Å². The minimum Gasteiger partial charge on any atom is -0.495 e. The molecule has 2 rings (SSSR count). The molecule has 0 saturated heterocycles. The second-order valence-corrected chi connectivity index (χ2v) is 7.19. The van der Waals surface area contributed by atoms with Crippen LogP contribution >= 0.6 is 23.2 Å². The number of carbonyl (C=O) groups is 1. The lowest BCUT2D eigenvalue weighted by Crippen LogP contribution is -2.15. The third-order valence-electron chi connectivity index (χ3n) is 2.97. The molecule has 0 heterocycles. The molecule has 0 fully saturated rings. The Morgan fingerprint density at radius 2 is 1.88 bits per heavy atom. The quantitative estimate of drug-likeness (QED) is 0.816. The Kier molecular flexibility index (Phi) is 5.58. The fourth-order valence-corrected chi connectivity index (χ4v) is 3.78. The summed E-state index contributed by atoms with van der Waals surface area (Å²) in [6, 6.07) is 8.86. The van der Waals surface area contributed by atoms with E-state index in [1.165, 1.54) is 44.4 Å². The summed E-state index contributed by atoms with van der Waals surface area (Å²) in [5.41, 5.74) is 0.568. The van der Waals surface area contributed by atoms with Crippen molar-refractivity contribution in [1.82, 2.24) is 0 Å². The van der Waals surface area contributed by atoms with Gasteiger partial charge in [-0.3, -0.25) is 9.52 Å². The average Bonchev–Trinajstić information content (AvgIpc) is 2.49. The average molecular weight is 389 g/mol. The Balaban J connectivity index is 2.45. The van der Waals surface area contributed by atoms with Gasteiger partial charge in [0.2, 0.25) is 5.91 Å². The summed E-state index contributed by atoms with van der Waals surface area (Å²) in [4.78, 5) is 11.0. The number of benzene rings is 2. The Morgan fingerprint density at radius 3 is 2.50 bits per heavy atom. The summed E-state index contributed by atoms with van der Waals surface area (Å²) < 4.78 is 32.7. The van der Waals surface area contributed by atoms with Gasteiger partial charge in [-0.1, -0.05) is 29.3 Å². The normalized spacial score (nSPS) is 11.0. The summed E-state index contributed by atoms with van der Waals surface area (Å²) in [7, 11) is -2.60. The molecule has 128 valence electrons. The molecule has 0 aromatic heterocycles. The van der Waals surface area contributed by atoms with Crippen LogP contribution in [-0.4, -0.2) is 21.4 Å². The predicted octanol–water partition coefficient (Wildman–Crippen LogP) is 3.76. The minimum atomic E-state index is -4.00. The third-order valence-corrected chi connectivity index (χ3v) is 5.31. The van der Waals surface area contributed by atoms with Crippen molar-refractivity contribution in [2.24, 2.45) is 0 Å². The second kappa shape index (κ2) is 7.29. The van der Waals surface area contributed by atoms with E-state index < -0.39 is 10.0 Å². The number of halogens is 2. The van der Waals surface area contributed by atoms with Gasteiger partial charge in [-0.15, -0.1) is 0 Å². The molecule has 0 spiro atoms. The van der Waals surface area contributed by atoms with E-state index in [0.717, 1.165) is 0 Å². The van der Waals surface area contributed by atoms with Crippen molar-refractivity contribution in [3.8, 4) is 5.75 Å². The molecule has 0 aliphatic heterocycles. The largest absolute Gasteiger partial charge is 0.495 e. The zero-order valence-electron chi connectivity index (χ0n) is 12.8. The van der Waals surface area contributed by atoms with Gasteiger partial charge in [-0.25, -0.2) is 8.42 Å². The van der Waals surface area contributed by atoms with Crippen molar-refractivity contribution in [1.29, 1.82) is 0 Å². The highest BCUT2D eigenvalue weighted by Crippen LogP contribution is 2.33. The van der Waals surface area contributed by atoms with Crippen molar-refractivity contribution in [2.45, 2.75) is 11.8 Å². The maximum Gasteiger partial charge on any atom is 0.263 e. The van der Waals surface area contributed by atoms with Gasteiger partial charge in [0.1, 0.15) is 10.6 Å². The maximum atomic E-state index is 12.6. The molecule has 24 heavy (non-hydrogen) atoms. The Labute approximate surface area is 149 Å². The molecule has 9 heteroatoms. The van der Waals surface area contributed by atoms with Crippen molar-refractivity contribution in [3.05, 3.63) is 46.4 Å². The van der Waals surface area contributed by atoms with Crippen LogP contribution in [0.15, 0.2) is 41.3 Å². The van der Waals surface area contributed by atoms with Crippen molar-refractivity contribution < 1.29 is 17.9 Å². The summed E-state index contributed by atoms with van der Waals surface area (Å²) >= 11 is 11.8. The SMILES string of the molecule is COc1ccc(NC(C)=O)cc1NS(=O)(=O)c1cccc(Cl)c1Cl. The predicted molar refractivity (Wildman–Crippen MR) is 94.6 cm³/mol. The van der Waals surface area contributed by atoms with Gasteiger partial charge in [-0.05, 0) is 30.3 Å². The number of carbonyl (C=O) groups excluding carboxylic acids is 1. The van der Waals surface area contributed by atoms with Crippen LogP contribution in [0.5, 0.6) is 5.75 Å². The molecule has 0 aliphatic rings. The zero-order chi connectivity index (χ0) is 17.9. The van der Waals surface area contributed by atoms with Crippen LogP contribution in [0.3, 0.4) is 0 Å². The molecule has 0 radical (unpaired) electrons. The van der Waals surface area contributed by atoms with Crippen LogP contribution < -0.4 is 14.8 Å². The molecule has 0 saturated carbocycles. The highest BCUT2D eigenvalue weighted by Gasteiger charge is 2.21. The van der Waals surface area contributed by atoms with Crippen LogP contribution in [0.4, 0.5) is 11.4 Å². The number of hydrogen-bond donors (Lipinski definition) is 2. The lowest BCUT2D eigenvalue weighted by Gasteiger charge is -2.14. The number of methoxy groups -OCH3 is 1. The van der Waals surface area contributed by atoms with E-state index in [0.29, 0.717) is 5.69 Å². The molecule has 1 amide bonds.